The minimum atomic E-state index is -1.44. The van der Waals surface area contributed by atoms with Gasteiger partial charge in [0.25, 0.3) is 0 Å². The number of carbonyl (C=O) groups is 2. The van der Waals surface area contributed by atoms with Gasteiger partial charge in [-0.1, -0.05) is 23.8 Å². The third-order valence-corrected chi connectivity index (χ3v) is 3.17. The highest BCUT2D eigenvalue weighted by Gasteiger charge is 2.48. The molecule has 0 aliphatic heterocycles. The quantitative estimate of drug-likeness (QED) is 0.329. The van der Waals surface area contributed by atoms with Crippen molar-refractivity contribution in [2.75, 3.05) is 14.2 Å². The lowest BCUT2D eigenvalue weighted by atomic mass is 9.77. The Labute approximate surface area is 113 Å². The van der Waals surface area contributed by atoms with Crippen LogP contribution in [0.2, 0.25) is 0 Å². The van der Waals surface area contributed by atoms with Crippen molar-refractivity contribution in [1.29, 1.82) is 0 Å². The minimum Gasteiger partial charge on any atom is -0.468 e. The summed E-state index contributed by atoms with van der Waals surface area (Å²) in [7, 11) is 2.48. The summed E-state index contributed by atoms with van der Waals surface area (Å²) in [4.78, 5) is 24.1. The highest BCUT2D eigenvalue weighted by molar-refractivity contribution is 6.00. The molecule has 0 amide bonds. The first kappa shape index (κ1) is 15.0. The molecule has 1 aliphatic rings. The van der Waals surface area contributed by atoms with E-state index in [4.69, 9.17) is 15.9 Å². The third-order valence-electron chi connectivity index (χ3n) is 3.17. The number of allylic oxidation sites excluding steroid dienone is 4. The Balaban J connectivity index is 3.08. The van der Waals surface area contributed by atoms with Gasteiger partial charge in [-0.15, -0.1) is 12.3 Å². The fourth-order valence-corrected chi connectivity index (χ4v) is 2.18. The SMILES string of the molecule is C#CCC(CC1=CCC=CC1)(C(=O)OC)C(=O)OC. The Hall–Kier alpha value is -2.02. The smallest absolute Gasteiger partial charge is 0.324 e. The van der Waals surface area contributed by atoms with E-state index < -0.39 is 17.4 Å². The molecule has 0 aromatic carbocycles. The average Bonchev–Trinajstić information content (AvgIpc) is 2.46. The Morgan fingerprint density at radius 3 is 2.37 bits per heavy atom. The Kier molecular flexibility index (Phi) is 5.37. The van der Waals surface area contributed by atoms with Crippen molar-refractivity contribution in [3.05, 3.63) is 23.8 Å². The summed E-state index contributed by atoms with van der Waals surface area (Å²) in [6, 6.07) is 0. The van der Waals surface area contributed by atoms with Gasteiger partial charge in [0, 0.05) is 6.42 Å². The van der Waals surface area contributed by atoms with Gasteiger partial charge in [0.05, 0.1) is 14.2 Å². The standard InChI is InChI=1S/C15H18O4/c1-4-10-15(13(16)18-2,14(17)19-3)11-12-8-6-5-7-9-12/h1,5-6,9H,7-8,10-11H2,2-3H3. The van der Waals surface area contributed by atoms with E-state index in [1.165, 1.54) is 14.2 Å². The van der Waals surface area contributed by atoms with Crippen LogP contribution in [-0.2, 0) is 19.1 Å². The van der Waals surface area contributed by atoms with Crippen molar-refractivity contribution in [3.8, 4) is 12.3 Å². The maximum atomic E-state index is 12.0. The van der Waals surface area contributed by atoms with Gasteiger partial charge in [0.2, 0.25) is 0 Å². The fourth-order valence-electron chi connectivity index (χ4n) is 2.18. The van der Waals surface area contributed by atoms with E-state index in [-0.39, 0.29) is 12.8 Å². The van der Waals surface area contributed by atoms with Gasteiger partial charge in [0.15, 0.2) is 5.41 Å². The number of hydrogen-bond donors (Lipinski definition) is 0. The molecule has 0 saturated heterocycles. The van der Waals surface area contributed by atoms with Crippen LogP contribution in [-0.4, -0.2) is 26.2 Å². The third kappa shape index (κ3) is 3.25. The predicted octanol–water partition coefficient (Wildman–Crippen LogP) is 2.01. The number of methoxy groups -OCH3 is 2. The molecule has 0 atom stereocenters. The van der Waals surface area contributed by atoms with E-state index in [9.17, 15) is 9.59 Å². The molecule has 19 heavy (non-hydrogen) atoms. The van der Waals surface area contributed by atoms with Crippen LogP contribution in [0.15, 0.2) is 23.8 Å². The molecule has 0 heterocycles. The lowest BCUT2D eigenvalue weighted by molar-refractivity contribution is -0.168. The summed E-state index contributed by atoms with van der Waals surface area (Å²) in [5.74, 6) is 1.09. The number of rotatable bonds is 5. The zero-order valence-electron chi connectivity index (χ0n) is 11.3. The highest BCUT2D eigenvalue weighted by atomic mass is 16.5. The first-order valence-electron chi connectivity index (χ1n) is 6.04. The van der Waals surface area contributed by atoms with E-state index in [0.29, 0.717) is 6.42 Å². The second-order valence-corrected chi connectivity index (χ2v) is 4.40. The van der Waals surface area contributed by atoms with Crippen LogP contribution in [0.5, 0.6) is 0 Å². The Morgan fingerprint density at radius 2 is 1.95 bits per heavy atom. The summed E-state index contributed by atoms with van der Waals surface area (Å²) in [5.41, 5.74) is -0.441. The van der Waals surface area contributed by atoms with Crippen molar-refractivity contribution in [3.63, 3.8) is 0 Å². The molecule has 0 radical (unpaired) electrons. The monoisotopic (exact) mass is 262 g/mol. The predicted molar refractivity (Wildman–Crippen MR) is 71.0 cm³/mol. The minimum absolute atomic E-state index is 0.0343. The van der Waals surface area contributed by atoms with Crippen LogP contribution >= 0.6 is 0 Å². The molecular formula is C15H18O4. The van der Waals surface area contributed by atoms with E-state index >= 15 is 0 Å². The number of ether oxygens (including phenoxy) is 2. The zero-order valence-corrected chi connectivity index (χ0v) is 11.3. The van der Waals surface area contributed by atoms with Crippen LogP contribution in [0, 0.1) is 17.8 Å². The summed E-state index contributed by atoms with van der Waals surface area (Å²) in [6.07, 6.45) is 13.0. The highest BCUT2D eigenvalue weighted by Crippen LogP contribution is 2.35. The number of hydrogen-bond acceptors (Lipinski definition) is 4. The molecule has 4 heteroatoms. The molecule has 4 nitrogen and oxygen atoms in total. The van der Waals surface area contributed by atoms with E-state index in [1.807, 2.05) is 18.2 Å². The summed E-state index contributed by atoms with van der Waals surface area (Å²) in [6.45, 7) is 0. The average molecular weight is 262 g/mol. The normalized spacial score (nSPS) is 14.3. The second kappa shape index (κ2) is 6.79. The van der Waals surface area contributed by atoms with Gasteiger partial charge >= 0.3 is 11.9 Å². The maximum absolute atomic E-state index is 12.0. The topological polar surface area (TPSA) is 52.6 Å². The fraction of sp³-hybridized carbons (Fsp3) is 0.467. The molecule has 0 N–H and O–H groups in total. The Bertz CT molecular complexity index is 435. The number of terminal acetylenes is 1. The van der Waals surface area contributed by atoms with Crippen molar-refractivity contribution >= 4 is 11.9 Å². The summed E-state index contributed by atoms with van der Waals surface area (Å²) >= 11 is 0. The maximum Gasteiger partial charge on any atom is 0.324 e. The van der Waals surface area contributed by atoms with Crippen LogP contribution < -0.4 is 0 Å². The van der Waals surface area contributed by atoms with Crippen molar-refractivity contribution in [2.45, 2.75) is 25.7 Å². The van der Waals surface area contributed by atoms with Crippen LogP contribution in [0.1, 0.15) is 25.7 Å². The number of carbonyl (C=O) groups excluding carboxylic acids is 2. The summed E-state index contributed by atoms with van der Waals surface area (Å²) in [5, 5.41) is 0. The second-order valence-electron chi connectivity index (χ2n) is 4.40. The summed E-state index contributed by atoms with van der Waals surface area (Å²) < 4.78 is 9.50. The van der Waals surface area contributed by atoms with Gasteiger partial charge in [0.1, 0.15) is 0 Å². The molecule has 0 spiro atoms. The molecule has 1 aliphatic carbocycles. The first-order chi connectivity index (χ1) is 9.10. The van der Waals surface area contributed by atoms with Gasteiger partial charge in [-0.3, -0.25) is 9.59 Å². The largest absolute Gasteiger partial charge is 0.468 e. The van der Waals surface area contributed by atoms with Gasteiger partial charge in [-0.2, -0.15) is 0 Å². The molecule has 0 bridgehead atoms. The molecule has 102 valence electrons. The van der Waals surface area contributed by atoms with Crippen molar-refractivity contribution in [1.82, 2.24) is 0 Å². The Morgan fingerprint density at radius 1 is 1.32 bits per heavy atom. The lowest BCUT2D eigenvalue weighted by Crippen LogP contribution is -2.41. The van der Waals surface area contributed by atoms with Gasteiger partial charge in [-0.05, 0) is 19.3 Å². The van der Waals surface area contributed by atoms with Crippen LogP contribution in [0.3, 0.4) is 0 Å². The van der Waals surface area contributed by atoms with Gasteiger partial charge in [-0.25, -0.2) is 0 Å². The van der Waals surface area contributed by atoms with E-state index in [2.05, 4.69) is 5.92 Å². The van der Waals surface area contributed by atoms with Crippen LogP contribution in [0.4, 0.5) is 0 Å². The molecule has 0 aromatic heterocycles. The molecular weight excluding hydrogens is 244 g/mol. The molecule has 0 fully saturated rings. The zero-order chi connectivity index (χ0) is 14.3. The van der Waals surface area contributed by atoms with Crippen LogP contribution in [0.25, 0.3) is 0 Å². The molecule has 0 unspecified atom stereocenters. The van der Waals surface area contributed by atoms with Crippen molar-refractivity contribution < 1.29 is 19.1 Å². The van der Waals surface area contributed by atoms with E-state index in [1.54, 1.807) is 0 Å². The number of esters is 2. The first-order valence-corrected chi connectivity index (χ1v) is 6.04. The van der Waals surface area contributed by atoms with Gasteiger partial charge < -0.3 is 9.47 Å². The van der Waals surface area contributed by atoms with E-state index in [0.717, 1.165) is 12.0 Å². The molecule has 0 aromatic rings. The van der Waals surface area contributed by atoms with Crippen molar-refractivity contribution in [2.24, 2.45) is 5.41 Å². The lowest BCUT2D eigenvalue weighted by Gasteiger charge is -2.27. The molecule has 1 rings (SSSR count). The molecule has 0 saturated carbocycles.